The first kappa shape index (κ1) is 11.9. The Morgan fingerprint density at radius 1 is 1.40 bits per heavy atom. The number of ether oxygens (including phenoxy) is 1. The van der Waals surface area contributed by atoms with Crippen molar-refractivity contribution in [1.82, 2.24) is 4.90 Å². The first-order valence-corrected chi connectivity index (χ1v) is 7.26. The minimum absolute atomic E-state index is 0.201. The Morgan fingerprint density at radius 2 is 2.30 bits per heavy atom. The molecule has 2 unspecified atom stereocenters. The monoisotopic (exact) mass is 273 g/mol. The summed E-state index contributed by atoms with van der Waals surface area (Å²) in [5.74, 6) is 0.415. The fourth-order valence-electron chi connectivity index (χ4n) is 3.99. The first-order valence-electron chi connectivity index (χ1n) is 7.26. The lowest BCUT2D eigenvalue weighted by molar-refractivity contribution is 0.108. The predicted octanol–water partition coefficient (Wildman–Crippen LogP) is 1.86. The second-order valence-corrected chi connectivity index (χ2v) is 5.74. The summed E-state index contributed by atoms with van der Waals surface area (Å²) < 4.78 is 4.88. The predicted molar refractivity (Wildman–Crippen MR) is 77.4 cm³/mol. The van der Waals surface area contributed by atoms with Crippen molar-refractivity contribution in [3.63, 3.8) is 0 Å². The third-order valence-corrected chi connectivity index (χ3v) is 4.83. The van der Waals surface area contributed by atoms with Gasteiger partial charge in [0.1, 0.15) is 0 Å². The van der Waals surface area contributed by atoms with Gasteiger partial charge in [-0.1, -0.05) is 12.1 Å². The molecule has 1 saturated heterocycles. The van der Waals surface area contributed by atoms with Gasteiger partial charge < -0.3 is 19.9 Å². The van der Waals surface area contributed by atoms with Gasteiger partial charge in [0, 0.05) is 38.1 Å². The molecule has 0 saturated carbocycles. The highest BCUT2D eigenvalue weighted by atomic mass is 16.5. The highest BCUT2D eigenvalue weighted by Crippen LogP contribution is 2.49. The topological polar surface area (TPSA) is 44.8 Å². The molecular weight excluding hydrogens is 254 g/mol. The Kier molecular flexibility index (Phi) is 2.55. The Balaban J connectivity index is 1.71. The van der Waals surface area contributed by atoms with Crippen LogP contribution in [0.2, 0.25) is 0 Å². The summed E-state index contributed by atoms with van der Waals surface area (Å²) in [6.45, 7) is 3.62. The number of fused-ring (bicyclic) bond motifs is 3. The smallest absolute Gasteiger partial charge is 0.409 e. The minimum atomic E-state index is -0.201. The van der Waals surface area contributed by atoms with Crippen LogP contribution in [0.3, 0.4) is 0 Å². The number of amides is 1. The van der Waals surface area contributed by atoms with Gasteiger partial charge in [-0.15, -0.1) is 0 Å². The normalized spacial score (nSPS) is 26.6. The Hall–Kier alpha value is -1.91. The molecule has 1 aromatic rings. The summed E-state index contributed by atoms with van der Waals surface area (Å²) >= 11 is 0. The van der Waals surface area contributed by atoms with Gasteiger partial charge in [-0.25, -0.2) is 4.79 Å². The Labute approximate surface area is 118 Å². The van der Waals surface area contributed by atoms with Crippen molar-refractivity contribution in [2.24, 2.45) is 0 Å². The van der Waals surface area contributed by atoms with E-state index in [1.165, 1.54) is 24.0 Å². The molecule has 3 aliphatic rings. The molecule has 0 aromatic heterocycles. The summed E-state index contributed by atoms with van der Waals surface area (Å²) in [7, 11) is 1.46. The molecule has 2 atom stereocenters. The molecule has 5 heteroatoms. The Bertz CT molecular complexity index is 560. The van der Waals surface area contributed by atoms with Gasteiger partial charge in [-0.2, -0.15) is 0 Å². The van der Waals surface area contributed by atoms with Gasteiger partial charge >= 0.3 is 6.09 Å². The largest absolute Gasteiger partial charge is 0.453 e. The average Bonchev–Trinajstić information content (AvgIpc) is 2.83. The number of carbonyl (C=O) groups excluding carboxylic acids is 1. The molecule has 1 fully saturated rings. The highest BCUT2D eigenvalue weighted by Gasteiger charge is 2.44. The fraction of sp³-hybridized carbons (Fsp3) is 0.533. The molecule has 3 heterocycles. The molecule has 0 bridgehead atoms. The van der Waals surface area contributed by atoms with Crippen LogP contribution in [0.1, 0.15) is 17.9 Å². The van der Waals surface area contributed by atoms with E-state index in [1.807, 2.05) is 4.90 Å². The zero-order valence-electron chi connectivity index (χ0n) is 11.6. The lowest BCUT2D eigenvalue weighted by Crippen LogP contribution is -2.49. The van der Waals surface area contributed by atoms with Gasteiger partial charge in [0.05, 0.1) is 18.5 Å². The average molecular weight is 273 g/mol. The molecule has 1 N–H and O–H groups in total. The maximum atomic E-state index is 11.8. The van der Waals surface area contributed by atoms with Crippen molar-refractivity contribution < 1.29 is 9.53 Å². The summed E-state index contributed by atoms with van der Waals surface area (Å²) in [4.78, 5) is 16.2. The quantitative estimate of drug-likeness (QED) is 0.783. The molecule has 3 aliphatic heterocycles. The van der Waals surface area contributed by atoms with Crippen molar-refractivity contribution in [2.45, 2.75) is 18.4 Å². The lowest BCUT2D eigenvalue weighted by Gasteiger charge is -2.39. The summed E-state index contributed by atoms with van der Waals surface area (Å²) in [5, 5.41) is 3.48. The molecule has 1 aromatic carbocycles. The summed E-state index contributed by atoms with van der Waals surface area (Å²) in [6, 6.07) is 7.02. The number of para-hydroxylation sites is 1. The van der Waals surface area contributed by atoms with Gasteiger partial charge in [0.25, 0.3) is 0 Å². The van der Waals surface area contributed by atoms with E-state index in [2.05, 4.69) is 28.4 Å². The van der Waals surface area contributed by atoms with Crippen LogP contribution in [-0.2, 0) is 4.74 Å². The number of hydrogen-bond acceptors (Lipinski definition) is 4. The molecule has 4 rings (SSSR count). The second kappa shape index (κ2) is 4.30. The fourth-order valence-corrected chi connectivity index (χ4v) is 3.99. The van der Waals surface area contributed by atoms with E-state index in [4.69, 9.17) is 4.74 Å². The van der Waals surface area contributed by atoms with Crippen LogP contribution in [0.5, 0.6) is 0 Å². The number of piperidine rings is 1. The molecule has 106 valence electrons. The van der Waals surface area contributed by atoms with E-state index in [1.54, 1.807) is 0 Å². The molecule has 0 radical (unpaired) electrons. The van der Waals surface area contributed by atoms with Crippen LogP contribution in [0.4, 0.5) is 16.2 Å². The zero-order chi connectivity index (χ0) is 13.7. The number of benzene rings is 1. The van der Waals surface area contributed by atoms with Crippen LogP contribution in [0.25, 0.3) is 0 Å². The number of likely N-dealkylation sites (tertiary alicyclic amines) is 1. The molecule has 20 heavy (non-hydrogen) atoms. The number of nitrogens with zero attached hydrogens (tertiary/aromatic N) is 2. The summed E-state index contributed by atoms with van der Waals surface area (Å²) in [5.41, 5.74) is 3.99. The number of rotatable bonds is 0. The molecule has 5 nitrogen and oxygen atoms in total. The van der Waals surface area contributed by atoms with Gasteiger partial charge in [-0.3, -0.25) is 0 Å². The van der Waals surface area contributed by atoms with Crippen molar-refractivity contribution in [3.8, 4) is 0 Å². The third kappa shape index (κ3) is 1.52. The number of hydrogen-bond donors (Lipinski definition) is 1. The standard InChI is InChI=1S/C15H19N3O2/c1-20-15(19)17-7-5-13-11(9-17)10-3-2-4-12-14(10)18(13)8-6-16-12/h2-4,11,13,16H,5-9H2,1H3. The SMILES string of the molecule is COC(=O)N1CCC2C(C1)c1cccc3c1N2CCN3. The number of anilines is 2. The van der Waals surface area contributed by atoms with E-state index in [9.17, 15) is 4.79 Å². The molecule has 0 aliphatic carbocycles. The maximum Gasteiger partial charge on any atom is 0.409 e. The maximum absolute atomic E-state index is 11.8. The second-order valence-electron chi connectivity index (χ2n) is 5.74. The molecule has 0 spiro atoms. The van der Waals surface area contributed by atoms with E-state index < -0.39 is 0 Å². The van der Waals surface area contributed by atoms with Crippen LogP contribution >= 0.6 is 0 Å². The number of nitrogens with one attached hydrogen (secondary N) is 1. The molecular formula is C15H19N3O2. The Morgan fingerprint density at radius 3 is 3.15 bits per heavy atom. The van der Waals surface area contributed by atoms with Crippen LogP contribution in [0, 0.1) is 0 Å². The summed E-state index contributed by atoms with van der Waals surface area (Å²) in [6.07, 6.45) is 0.820. The van der Waals surface area contributed by atoms with Crippen molar-refractivity contribution >= 4 is 17.5 Å². The minimum Gasteiger partial charge on any atom is -0.453 e. The van der Waals surface area contributed by atoms with Crippen LogP contribution in [0.15, 0.2) is 18.2 Å². The van der Waals surface area contributed by atoms with Crippen molar-refractivity contribution in [1.29, 1.82) is 0 Å². The van der Waals surface area contributed by atoms with Gasteiger partial charge in [0.2, 0.25) is 0 Å². The zero-order valence-corrected chi connectivity index (χ0v) is 11.6. The highest BCUT2D eigenvalue weighted by molar-refractivity contribution is 5.80. The van der Waals surface area contributed by atoms with Crippen molar-refractivity contribution in [2.75, 3.05) is 43.5 Å². The number of carbonyl (C=O) groups is 1. The van der Waals surface area contributed by atoms with E-state index in [-0.39, 0.29) is 6.09 Å². The van der Waals surface area contributed by atoms with Crippen LogP contribution < -0.4 is 10.2 Å². The van der Waals surface area contributed by atoms with Crippen LogP contribution in [-0.4, -0.2) is 50.3 Å². The van der Waals surface area contributed by atoms with Crippen molar-refractivity contribution in [3.05, 3.63) is 23.8 Å². The van der Waals surface area contributed by atoms with E-state index in [0.717, 1.165) is 32.6 Å². The number of methoxy groups -OCH3 is 1. The van der Waals surface area contributed by atoms with E-state index >= 15 is 0 Å². The lowest BCUT2D eigenvalue weighted by atomic mass is 9.89. The molecule has 1 amide bonds. The van der Waals surface area contributed by atoms with E-state index in [0.29, 0.717) is 12.0 Å². The first-order chi connectivity index (χ1) is 9.79. The third-order valence-electron chi connectivity index (χ3n) is 4.83. The van der Waals surface area contributed by atoms with Gasteiger partial charge in [-0.05, 0) is 18.1 Å². The van der Waals surface area contributed by atoms with Gasteiger partial charge in [0.15, 0.2) is 0 Å².